The van der Waals surface area contributed by atoms with Gasteiger partial charge in [0, 0.05) is 26.1 Å². The van der Waals surface area contributed by atoms with Crippen LogP contribution in [0.2, 0.25) is 0 Å². The molecule has 2 atom stereocenters. The Labute approximate surface area is 105 Å². The van der Waals surface area contributed by atoms with Crippen molar-refractivity contribution in [2.45, 2.75) is 31.7 Å². The van der Waals surface area contributed by atoms with Crippen LogP contribution < -0.4 is 16.0 Å². The summed E-state index contributed by atoms with van der Waals surface area (Å²) in [6, 6.07) is -0.443. The van der Waals surface area contributed by atoms with Gasteiger partial charge in [0.05, 0.1) is 5.92 Å². The van der Waals surface area contributed by atoms with E-state index in [1.807, 2.05) is 0 Å². The fourth-order valence-electron chi connectivity index (χ4n) is 1.99. The molecule has 0 aromatic heterocycles. The molecule has 0 aromatic carbocycles. The molecule has 1 rings (SSSR count). The highest BCUT2D eigenvalue weighted by atomic mass is 16.4. The SMILES string of the molecule is CNC(=O)CCNC(=O)N[C@H]1CC[C@@H](C(=O)O)C1. The summed E-state index contributed by atoms with van der Waals surface area (Å²) >= 11 is 0. The molecule has 7 heteroatoms. The molecular formula is C11H19N3O4. The zero-order valence-electron chi connectivity index (χ0n) is 10.4. The maximum absolute atomic E-state index is 11.4. The zero-order valence-corrected chi connectivity index (χ0v) is 10.4. The summed E-state index contributed by atoms with van der Waals surface area (Å²) in [4.78, 5) is 33.1. The molecule has 7 nitrogen and oxygen atoms in total. The van der Waals surface area contributed by atoms with Gasteiger partial charge in [0.2, 0.25) is 5.91 Å². The highest BCUT2D eigenvalue weighted by Gasteiger charge is 2.30. The van der Waals surface area contributed by atoms with Crippen molar-refractivity contribution in [3.05, 3.63) is 0 Å². The fourth-order valence-corrected chi connectivity index (χ4v) is 1.99. The number of aliphatic carboxylic acids is 1. The number of carbonyl (C=O) groups is 3. The van der Waals surface area contributed by atoms with E-state index in [2.05, 4.69) is 16.0 Å². The topological polar surface area (TPSA) is 108 Å². The Morgan fingerprint density at radius 2 is 2.00 bits per heavy atom. The van der Waals surface area contributed by atoms with Crippen LogP contribution in [0.5, 0.6) is 0 Å². The van der Waals surface area contributed by atoms with E-state index in [-0.39, 0.29) is 36.9 Å². The van der Waals surface area contributed by atoms with Crippen molar-refractivity contribution in [2.24, 2.45) is 5.92 Å². The number of nitrogens with one attached hydrogen (secondary N) is 3. The first-order valence-electron chi connectivity index (χ1n) is 6.00. The summed E-state index contributed by atoms with van der Waals surface area (Å²) in [7, 11) is 1.53. The van der Waals surface area contributed by atoms with Gasteiger partial charge in [0.15, 0.2) is 0 Å². The van der Waals surface area contributed by atoms with Crippen molar-refractivity contribution in [3.8, 4) is 0 Å². The van der Waals surface area contributed by atoms with E-state index in [4.69, 9.17) is 5.11 Å². The quantitative estimate of drug-likeness (QED) is 0.541. The van der Waals surface area contributed by atoms with Gasteiger partial charge in [0.1, 0.15) is 0 Å². The molecule has 3 amide bonds. The first-order chi connectivity index (χ1) is 8.52. The molecule has 1 saturated carbocycles. The van der Waals surface area contributed by atoms with Crippen LogP contribution >= 0.6 is 0 Å². The van der Waals surface area contributed by atoms with Gasteiger partial charge in [-0.1, -0.05) is 0 Å². The first kappa shape index (κ1) is 14.3. The second-order valence-corrected chi connectivity index (χ2v) is 4.37. The molecule has 0 bridgehead atoms. The van der Waals surface area contributed by atoms with Crippen molar-refractivity contribution in [1.29, 1.82) is 0 Å². The third-order valence-corrected chi connectivity index (χ3v) is 3.03. The smallest absolute Gasteiger partial charge is 0.315 e. The molecular weight excluding hydrogens is 238 g/mol. The summed E-state index contributed by atoms with van der Waals surface area (Å²) in [6.07, 6.45) is 1.98. The van der Waals surface area contributed by atoms with Crippen LogP contribution in [-0.4, -0.2) is 42.6 Å². The highest BCUT2D eigenvalue weighted by molar-refractivity contribution is 5.78. The lowest BCUT2D eigenvalue weighted by molar-refractivity contribution is -0.141. The van der Waals surface area contributed by atoms with Crippen LogP contribution in [0.25, 0.3) is 0 Å². The first-order valence-corrected chi connectivity index (χ1v) is 6.00. The Balaban J connectivity index is 2.17. The van der Waals surface area contributed by atoms with Gasteiger partial charge >= 0.3 is 12.0 Å². The molecule has 0 spiro atoms. The standard InChI is InChI=1S/C11H19N3O4/c1-12-9(15)4-5-13-11(18)14-8-3-2-7(6-8)10(16)17/h7-8H,2-6H2,1H3,(H,12,15)(H,16,17)(H2,13,14,18)/t7-,8+/m1/s1. The summed E-state index contributed by atoms with van der Waals surface area (Å²) < 4.78 is 0. The molecule has 0 heterocycles. The molecule has 0 aliphatic heterocycles. The number of hydrogen-bond acceptors (Lipinski definition) is 3. The second kappa shape index (κ2) is 6.83. The van der Waals surface area contributed by atoms with E-state index < -0.39 is 5.97 Å². The highest BCUT2D eigenvalue weighted by Crippen LogP contribution is 2.25. The molecule has 0 radical (unpaired) electrons. The maximum Gasteiger partial charge on any atom is 0.315 e. The second-order valence-electron chi connectivity index (χ2n) is 4.37. The number of urea groups is 1. The number of carboxylic acid groups (broad SMARTS) is 1. The van der Waals surface area contributed by atoms with Gasteiger partial charge in [-0.15, -0.1) is 0 Å². The van der Waals surface area contributed by atoms with Crippen molar-refractivity contribution < 1.29 is 19.5 Å². The minimum Gasteiger partial charge on any atom is -0.481 e. The van der Waals surface area contributed by atoms with Gasteiger partial charge < -0.3 is 21.1 Å². The number of rotatable bonds is 5. The molecule has 18 heavy (non-hydrogen) atoms. The minimum atomic E-state index is -0.806. The van der Waals surface area contributed by atoms with Gasteiger partial charge in [-0.2, -0.15) is 0 Å². The molecule has 0 unspecified atom stereocenters. The predicted molar refractivity (Wildman–Crippen MR) is 64.0 cm³/mol. The number of amides is 3. The van der Waals surface area contributed by atoms with Crippen LogP contribution in [-0.2, 0) is 9.59 Å². The Morgan fingerprint density at radius 3 is 2.56 bits per heavy atom. The van der Waals surface area contributed by atoms with E-state index in [0.717, 1.165) is 0 Å². The molecule has 1 aliphatic carbocycles. The average molecular weight is 257 g/mol. The Hall–Kier alpha value is -1.79. The normalized spacial score (nSPS) is 22.3. The average Bonchev–Trinajstić information content (AvgIpc) is 2.77. The molecule has 1 aliphatic rings. The summed E-state index contributed by atoms with van der Waals surface area (Å²) in [6.45, 7) is 0.264. The van der Waals surface area contributed by atoms with E-state index in [1.54, 1.807) is 0 Å². The lowest BCUT2D eigenvalue weighted by Gasteiger charge is -2.13. The summed E-state index contributed by atoms with van der Waals surface area (Å²) in [5.74, 6) is -1.30. The van der Waals surface area contributed by atoms with E-state index in [9.17, 15) is 14.4 Å². The van der Waals surface area contributed by atoms with Gasteiger partial charge in [-0.3, -0.25) is 9.59 Å². The van der Waals surface area contributed by atoms with Crippen molar-refractivity contribution in [1.82, 2.24) is 16.0 Å². The Morgan fingerprint density at radius 1 is 1.28 bits per heavy atom. The Bertz CT molecular complexity index is 332. The van der Waals surface area contributed by atoms with Crippen LogP contribution in [0.3, 0.4) is 0 Å². The predicted octanol–water partition coefficient (Wildman–Crippen LogP) is -0.325. The van der Waals surface area contributed by atoms with Crippen molar-refractivity contribution in [2.75, 3.05) is 13.6 Å². The molecule has 0 aromatic rings. The third kappa shape index (κ3) is 4.60. The monoisotopic (exact) mass is 257 g/mol. The summed E-state index contributed by atoms with van der Waals surface area (Å²) in [5, 5.41) is 16.5. The lowest BCUT2D eigenvalue weighted by atomic mass is 10.1. The number of hydrogen-bond donors (Lipinski definition) is 4. The molecule has 0 saturated heterocycles. The van der Waals surface area contributed by atoms with E-state index >= 15 is 0 Å². The Kier molecular flexibility index (Phi) is 5.41. The van der Waals surface area contributed by atoms with Gasteiger partial charge in [-0.25, -0.2) is 4.79 Å². The lowest BCUT2D eigenvalue weighted by Crippen LogP contribution is -2.42. The molecule has 1 fully saturated rings. The fraction of sp³-hybridized carbons (Fsp3) is 0.727. The largest absolute Gasteiger partial charge is 0.481 e. The number of carboxylic acids is 1. The number of carbonyl (C=O) groups excluding carboxylic acids is 2. The molecule has 4 N–H and O–H groups in total. The zero-order chi connectivity index (χ0) is 13.5. The van der Waals surface area contributed by atoms with Crippen LogP contribution in [0.15, 0.2) is 0 Å². The van der Waals surface area contributed by atoms with Crippen LogP contribution in [0.1, 0.15) is 25.7 Å². The molecule has 102 valence electrons. The minimum absolute atomic E-state index is 0.0916. The van der Waals surface area contributed by atoms with E-state index in [0.29, 0.717) is 19.3 Å². The van der Waals surface area contributed by atoms with Gasteiger partial charge in [-0.05, 0) is 19.3 Å². The van der Waals surface area contributed by atoms with Gasteiger partial charge in [0.25, 0.3) is 0 Å². The van der Waals surface area contributed by atoms with Crippen molar-refractivity contribution in [3.63, 3.8) is 0 Å². The van der Waals surface area contributed by atoms with E-state index in [1.165, 1.54) is 7.05 Å². The van der Waals surface area contributed by atoms with Crippen molar-refractivity contribution >= 4 is 17.9 Å². The van der Waals surface area contributed by atoms with Crippen LogP contribution in [0, 0.1) is 5.92 Å². The third-order valence-electron chi connectivity index (χ3n) is 3.03. The summed E-state index contributed by atoms with van der Waals surface area (Å²) in [5.41, 5.74) is 0. The maximum atomic E-state index is 11.4. The van der Waals surface area contributed by atoms with Crippen LogP contribution in [0.4, 0.5) is 4.79 Å².